The molecule has 1 aliphatic rings. The molecular formula is C14H21NO3. The summed E-state index contributed by atoms with van der Waals surface area (Å²) in [5.41, 5.74) is 2.03. The number of methoxy groups -OCH3 is 2. The SMILES string of the molecule is COc1cc(NCC2(CO)CC2)c(OC)cc1C. The van der Waals surface area contributed by atoms with Crippen molar-refractivity contribution in [1.82, 2.24) is 0 Å². The van der Waals surface area contributed by atoms with Crippen molar-refractivity contribution in [2.45, 2.75) is 19.8 Å². The second kappa shape index (κ2) is 5.06. The van der Waals surface area contributed by atoms with E-state index in [1.54, 1.807) is 14.2 Å². The van der Waals surface area contributed by atoms with Crippen molar-refractivity contribution in [3.63, 3.8) is 0 Å². The number of ether oxygens (including phenoxy) is 2. The highest BCUT2D eigenvalue weighted by atomic mass is 16.5. The fourth-order valence-corrected chi connectivity index (χ4v) is 2.04. The Hall–Kier alpha value is -1.42. The smallest absolute Gasteiger partial charge is 0.142 e. The average molecular weight is 251 g/mol. The molecule has 0 saturated heterocycles. The predicted molar refractivity (Wildman–Crippen MR) is 71.5 cm³/mol. The van der Waals surface area contributed by atoms with Crippen LogP contribution in [0, 0.1) is 12.3 Å². The molecule has 4 heteroatoms. The molecule has 1 fully saturated rings. The highest BCUT2D eigenvalue weighted by molar-refractivity contribution is 5.62. The number of benzene rings is 1. The first-order chi connectivity index (χ1) is 8.64. The van der Waals surface area contributed by atoms with E-state index in [4.69, 9.17) is 9.47 Å². The molecule has 0 bridgehead atoms. The number of aliphatic hydroxyl groups excluding tert-OH is 1. The number of rotatable bonds is 6. The first-order valence-electron chi connectivity index (χ1n) is 6.21. The van der Waals surface area contributed by atoms with Crippen LogP contribution in [0.15, 0.2) is 12.1 Å². The maximum Gasteiger partial charge on any atom is 0.142 e. The molecule has 0 heterocycles. The lowest BCUT2D eigenvalue weighted by atomic mass is 10.1. The van der Waals surface area contributed by atoms with Crippen molar-refractivity contribution in [2.24, 2.45) is 5.41 Å². The van der Waals surface area contributed by atoms with Crippen molar-refractivity contribution in [3.05, 3.63) is 17.7 Å². The summed E-state index contributed by atoms with van der Waals surface area (Å²) in [6.07, 6.45) is 2.17. The molecule has 0 unspecified atom stereocenters. The standard InChI is InChI=1S/C14H21NO3/c1-10-6-13(18-3)11(7-12(10)17-2)15-8-14(9-16)4-5-14/h6-7,15-16H,4-5,8-9H2,1-3H3. The Balaban J connectivity index is 2.15. The molecule has 1 aromatic rings. The summed E-state index contributed by atoms with van der Waals surface area (Å²) in [6.45, 7) is 3.00. The largest absolute Gasteiger partial charge is 0.496 e. The highest BCUT2D eigenvalue weighted by Crippen LogP contribution is 2.45. The van der Waals surface area contributed by atoms with Gasteiger partial charge in [0.15, 0.2) is 0 Å². The van der Waals surface area contributed by atoms with Gasteiger partial charge in [0, 0.05) is 18.0 Å². The number of hydrogen-bond acceptors (Lipinski definition) is 4. The minimum Gasteiger partial charge on any atom is -0.496 e. The Labute approximate surface area is 108 Å². The predicted octanol–water partition coefficient (Wildman–Crippen LogP) is 2.20. The second-order valence-electron chi connectivity index (χ2n) is 5.03. The molecule has 1 aromatic carbocycles. The third kappa shape index (κ3) is 2.53. The summed E-state index contributed by atoms with van der Waals surface area (Å²) in [4.78, 5) is 0. The van der Waals surface area contributed by atoms with Crippen molar-refractivity contribution in [2.75, 3.05) is 32.7 Å². The van der Waals surface area contributed by atoms with Crippen LogP contribution >= 0.6 is 0 Å². The molecule has 18 heavy (non-hydrogen) atoms. The zero-order chi connectivity index (χ0) is 13.2. The zero-order valence-electron chi connectivity index (χ0n) is 11.2. The normalized spacial score (nSPS) is 16.2. The highest BCUT2D eigenvalue weighted by Gasteiger charge is 2.41. The van der Waals surface area contributed by atoms with Crippen LogP contribution in [0.1, 0.15) is 18.4 Å². The van der Waals surface area contributed by atoms with E-state index in [1.165, 1.54) is 0 Å². The van der Waals surface area contributed by atoms with Crippen LogP contribution < -0.4 is 14.8 Å². The van der Waals surface area contributed by atoms with Crippen LogP contribution in [-0.4, -0.2) is 32.5 Å². The van der Waals surface area contributed by atoms with Crippen molar-refractivity contribution in [1.29, 1.82) is 0 Å². The lowest BCUT2D eigenvalue weighted by Crippen LogP contribution is -2.19. The maximum atomic E-state index is 9.31. The molecule has 0 amide bonds. The van der Waals surface area contributed by atoms with E-state index in [2.05, 4.69) is 5.32 Å². The summed E-state index contributed by atoms with van der Waals surface area (Å²) in [5.74, 6) is 1.65. The van der Waals surface area contributed by atoms with Gasteiger partial charge in [-0.1, -0.05) is 0 Å². The van der Waals surface area contributed by atoms with Crippen LogP contribution in [0.5, 0.6) is 11.5 Å². The van der Waals surface area contributed by atoms with Crippen molar-refractivity contribution in [3.8, 4) is 11.5 Å². The van der Waals surface area contributed by atoms with Gasteiger partial charge < -0.3 is 19.9 Å². The lowest BCUT2D eigenvalue weighted by Gasteiger charge is -2.18. The van der Waals surface area contributed by atoms with Crippen LogP contribution in [-0.2, 0) is 0 Å². The summed E-state index contributed by atoms with van der Waals surface area (Å²) < 4.78 is 10.7. The fraction of sp³-hybridized carbons (Fsp3) is 0.571. The monoisotopic (exact) mass is 251 g/mol. The summed E-state index contributed by atoms with van der Waals surface area (Å²) in [5, 5.41) is 12.7. The van der Waals surface area contributed by atoms with Gasteiger partial charge in [-0.05, 0) is 31.4 Å². The summed E-state index contributed by atoms with van der Waals surface area (Å²) in [7, 11) is 3.32. The van der Waals surface area contributed by atoms with E-state index in [1.807, 2.05) is 19.1 Å². The Morgan fingerprint density at radius 3 is 2.39 bits per heavy atom. The first kappa shape index (κ1) is 13.0. The minimum atomic E-state index is 0.0726. The molecule has 0 aromatic heterocycles. The topological polar surface area (TPSA) is 50.7 Å². The number of aliphatic hydroxyl groups is 1. The van der Waals surface area contributed by atoms with E-state index in [0.29, 0.717) is 0 Å². The van der Waals surface area contributed by atoms with Crippen molar-refractivity contribution >= 4 is 5.69 Å². The van der Waals surface area contributed by atoms with Crippen LogP contribution in [0.3, 0.4) is 0 Å². The van der Waals surface area contributed by atoms with Gasteiger partial charge in [-0.3, -0.25) is 0 Å². The van der Waals surface area contributed by atoms with Gasteiger partial charge in [-0.15, -0.1) is 0 Å². The summed E-state index contributed by atoms with van der Waals surface area (Å²) >= 11 is 0. The zero-order valence-corrected chi connectivity index (χ0v) is 11.2. The molecule has 1 saturated carbocycles. The Morgan fingerprint density at radius 2 is 1.89 bits per heavy atom. The molecule has 100 valence electrons. The third-order valence-corrected chi connectivity index (χ3v) is 3.66. The lowest BCUT2D eigenvalue weighted by molar-refractivity contribution is 0.219. The van der Waals surface area contributed by atoms with Gasteiger partial charge in [0.05, 0.1) is 26.5 Å². The Kier molecular flexibility index (Phi) is 3.66. The number of hydrogen-bond donors (Lipinski definition) is 2. The van der Waals surface area contributed by atoms with Crippen molar-refractivity contribution < 1.29 is 14.6 Å². The number of anilines is 1. The van der Waals surface area contributed by atoms with Gasteiger partial charge in [0.1, 0.15) is 11.5 Å². The fourth-order valence-electron chi connectivity index (χ4n) is 2.04. The average Bonchev–Trinajstić information content (AvgIpc) is 3.17. The minimum absolute atomic E-state index is 0.0726. The molecule has 0 radical (unpaired) electrons. The molecule has 4 nitrogen and oxygen atoms in total. The van der Waals surface area contributed by atoms with Crippen LogP contribution in [0.4, 0.5) is 5.69 Å². The molecule has 1 aliphatic carbocycles. The maximum absolute atomic E-state index is 9.31. The van der Waals surface area contributed by atoms with E-state index >= 15 is 0 Å². The number of aryl methyl sites for hydroxylation is 1. The molecule has 0 aliphatic heterocycles. The molecule has 2 N–H and O–H groups in total. The second-order valence-corrected chi connectivity index (χ2v) is 5.03. The van der Waals surface area contributed by atoms with E-state index in [9.17, 15) is 5.11 Å². The number of nitrogens with one attached hydrogen (secondary N) is 1. The van der Waals surface area contributed by atoms with E-state index < -0.39 is 0 Å². The van der Waals surface area contributed by atoms with Gasteiger partial charge in [0.2, 0.25) is 0 Å². The van der Waals surface area contributed by atoms with E-state index in [-0.39, 0.29) is 12.0 Å². The third-order valence-electron chi connectivity index (χ3n) is 3.66. The van der Waals surface area contributed by atoms with Gasteiger partial charge in [0.25, 0.3) is 0 Å². The Bertz CT molecular complexity index is 427. The summed E-state index contributed by atoms with van der Waals surface area (Å²) in [6, 6.07) is 3.90. The van der Waals surface area contributed by atoms with Gasteiger partial charge in [-0.2, -0.15) is 0 Å². The molecule has 2 rings (SSSR count). The van der Waals surface area contributed by atoms with Crippen LogP contribution in [0.2, 0.25) is 0 Å². The Morgan fingerprint density at radius 1 is 1.22 bits per heavy atom. The molecule has 0 atom stereocenters. The molecule has 0 spiro atoms. The van der Waals surface area contributed by atoms with Gasteiger partial charge in [-0.25, -0.2) is 0 Å². The molecular weight excluding hydrogens is 230 g/mol. The van der Waals surface area contributed by atoms with E-state index in [0.717, 1.165) is 42.1 Å². The quantitative estimate of drug-likeness (QED) is 0.813. The van der Waals surface area contributed by atoms with Gasteiger partial charge >= 0.3 is 0 Å². The first-order valence-corrected chi connectivity index (χ1v) is 6.21. The van der Waals surface area contributed by atoms with Crippen LogP contribution in [0.25, 0.3) is 0 Å².